The molecule has 3 rings (SSSR count). The Morgan fingerprint density at radius 2 is 1.73 bits per heavy atom. The summed E-state index contributed by atoms with van der Waals surface area (Å²) < 4.78 is 11.3. The van der Waals surface area contributed by atoms with Gasteiger partial charge >= 0.3 is 0 Å². The van der Waals surface area contributed by atoms with Crippen LogP contribution in [0.25, 0.3) is 0 Å². The van der Waals surface area contributed by atoms with Crippen LogP contribution >= 0.6 is 0 Å². The molecule has 0 aliphatic carbocycles. The SMILES string of the molecule is CCN(Cc1ccc(C(=O)NCC(C)(C)c2ccc3c(c2)OCCO3)cc1)C(C)C. The van der Waals surface area contributed by atoms with Crippen LogP contribution in [0.15, 0.2) is 42.5 Å². The fourth-order valence-corrected chi connectivity index (χ4v) is 3.63. The number of amides is 1. The molecule has 0 fully saturated rings. The summed E-state index contributed by atoms with van der Waals surface area (Å²) in [6, 6.07) is 14.4. The Morgan fingerprint density at radius 3 is 2.37 bits per heavy atom. The van der Waals surface area contributed by atoms with Crippen molar-refractivity contribution in [2.24, 2.45) is 0 Å². The third-order valence-electron chi connectivity index (χ3n) is 5.75. The maximum atomic E-state index is 12.7. The maximum Gasteiger partial charge on any atom is 0.251 e. The number of ether oxygens (including phenoxy) is 2. The molecule has 0 aromatic heterocycles. The molecule has 1 aliphatic heterocycles. The number of rotatable bonds is 8. The first kappa shape index (κ1) is 22.2. The molecule has 162 valence electrons. The van der Waals surface area contributed by atoms with Gasteiger partial charge < -0.3 is 14.8 Å². The van der Waals surface area contributed by atoms with Crippen molar-refractivity contribution in [3.8, 4) is 11.5 Å². The second-order valence-electron chi connectivity index (χ2n) is 8.78. The molecule has 1 aliphatic rings. The van der Waals surface area contributed by atoms with Crippen molar-refractivity contribution in [3.05, 3.63) is 59.2 Å². The molecule has 30 heavy (non-hydrogen) atoms. The Balaban J connectivity index is 1.60. The molecule has 0 bridgehead atoms. The summed E-state index contributed by atoms with van der Waals surface area (Å²) in [6.07, 6.45) is 0. The minimum absolute atomic E-state index is 0.0524. The highest BCUT2D eigenvalue weighted by Gasteiger charge is 2.24. The highest BCUT2D eigenvalue weighted by molar-refractivity contribution is 5.94. The van der Waals surface area contributed by atoms with Crippen LogP contribution in [0.5, 0.6) is 11.5 Å². The van der Waals surface area contributed by atoms with Gasteiger partial charge in [0, 0.05) is 30.1 Å². The van der Waals surface area contributed by atoms with Crippen LogP contribution < -0.4 is 14.8 Å². The molecule has 0 saturated heterocycles. The molecular formula is C25H34N2O3. The third kappa shape index (κ3) is 5.33. The van der Waals surface area contributed by atoms with Gasteiger partial charge in [0.25, 0.3) is 5.91 Å². The summed E-state index contributed by atoms with van der Waals surface area (Å²) in [6.45, 7) is 14.4. The monoisotopic (exact) mass is 410 g/mol. The molecule has 2 aromatic carbocycles. The van der Waals surface area contributed by atoms with Crippen molar-refractivity contribution in [2.75, 3.05) is 26.3 Å². The van der Waals surface area contributed by atoms with E-state index in [4.69, 9.17) is 9.47 Å². The molecule has 0 unspecified atom stereocenters. The largest absolute Gasteiger partial charge is 0.486 e. The molecule has 1 heterocycles. The van der Waals surface area contributed by atoms with Gasteiger partial charge in [0.15, 0.2) is 11.5 Å². The molecule has 2 aromatic rings. The van der Waals surface area contributed by atoms with Crippen molar-refractivity contribution >= 4 is 5.91 Å². The Kier molecular flexibility index (Phi) is 7.03. The summed E-state index contributed by atoms with van der Waals surface area (Å²) in [5, 5.41) is 3.09. The van der Waals surface area contributed by atoms with Crippen LogP contribution in [-0.4, -0.2) is 43.2 Å². The fraction of sp³-hybridized carbons (Fsp3) is 0.480. The quantitative estimate of drug-likeness (QED) is 0.701. The molecular weight excluding hydrogens is 376 g/mol. The van der Waals surface area contributed by atoms with E-state index >= 15 is 0 Å². The van der Waals surface area contributed by atoms with Gasteiger partial charge in [-0.2, -0.15) is 0 Å². The number of hydrogen-bond donors (Lipinski definition) is 1. The van der Waals surface area contributed by atoms with Crippen molar-refractivity contribution in [1.29, 1.82) is 0 Å². The molecule has 0 atom stereocenters. The summed E-state index contributed by atoms with van der Waals surface area (Å²) in [5.41, 5.74) is 2.78. The van der Waals surface area contributed by atoms with Crippen LogP contribution in [0.2, 0.25) is 0 Å². The summed E-state index contributed by atoms with van der Waals surface area (Å²) >= 11 is 0. The normalized spacial score (nSPS) is 13.6. The molecule has 5 nitrogen and oxygen atoms in total. The lowest BCUT2D eigenvalue weighted by Crippen LogP contribution is -2.36. The number of nitrogens with zero attached hydrogens (tertiary/aromatic N) is 1. The number of fused-ring (bicyclic) bond motifs is 1. The first-order valence-corrected chi connectivity index (χ1v) is 10.8. The van der Waals surface area contributed by atoms with Crippen LogP contribution in [0.4, 0.5) is 0 Å². The Hall–Kier alpha value is -2.53. The number of benzene rings is 2. The lowest BCUT2D eigenvalue weighted by atomic mass is 9.84. The van der Waals surface area contributed by atoms with E-state index in [1.54, 1.807) is 0 Å². The van der Waals surface area contributed by atoms with Gasteiger partial charge in [-0.25, -0.2) is 0 Å². The third-order valence-corrected chi connectivity index (χ3v) is 5.75. The summed E-state index contributed by atoms with van der Waals surface area (Å²) in [4.78, 5) is 15.1. The standard InChI is InChI=1S/C25H34N2O3/c1-6-27(18(2)3)16-19-7-9-20(10-8-19)24(28)26-17-25(4,5)21-11-12-22-23(15-21)30-14-13-29-22/h7-12,15,18H,6,13-14,16-17H2,1-5H3,(H,26,28). The van der Waals surface area contributed by atoms with Gasteiger partial charge in [0.1, 0.15) is 13.2 Å². The minimum Gasteiger partial charge on any atom is -0.486 e. The highest BCUT2D eigenvalue weighted by atomic mass is 16.6. The smallest absolute Gasteiger partial charge is 0.251 e. The topological polar surface area (TPSA) is 50.8 Å². The van der Waals surface area contributed by atoms with Crippen molar-refractivity contribution in [2.45, 2.75) is 52.6 Å². The molecule has 0 saturated carbocycles. The first-order chi connectivity index (χ1) is 14.3. The van der Waals surface area contributed by atoms with Crippen molar-refractivity contribution in [1.82, 2.24) is 10.2 Å². The van der Waals surface area contributed by atoms with Gasteiger partial charge in [-0.05, 0) is 55.8 Å². The Morgan fingerprint density at radius 1 is 1.07 bits per heavy atom. The first-order valence-electron chi connectivity index (χ1n) is 10.8. The predicted molar refractivity (Wildman–Crippen MR) is 120 cm³/mol. The lowest BCUT2D eigenvalue weighted by molar-refractivity contribution is 0.0945. The van der Waals surface area contributed by atoms with E-state index in [1.165, 1.54) is 5.56 Å². The number of nitrogens with one attached hydrogen (secondary N) is 1. The van der Waals surface area contributed by atoms with Gasteiger partial charge in [-0.1, -0.05) is 39.0 Å². The van der Waals surface area contributed by atoms with Gasteiger partial charge in [0.2, 0.25) is 0 Å². The van der Waals surface area contributed by atoms with Gasteiger partial charge in [-0.3, -0.25) is 9.69 Å². The van der Waals surface area contributed by atoms with E-state index in [1.807, 2.05) is 42.5 Å². The minimum atomic E-state index is -0.232. The Labute approximate surface area is 180 Å². The van der Waals surface area contributed by atoms with E-state index in [0.717, 1.165) is 30.2 Å². The lowest BCUT2D eigenvalue weighted by Gasteiger charge is -2.28. The van der Waals surface area contributed by atoms with Gasteiger partial charge in [-0.15, -0.1) is 0 Å². The summed E-state index contributed by atoms with van der Waals surface area (Å²) in [7, 11) is 0. The summed E-state index contributed by atoms with van der Waals surface area (Å²) in [5.74, 6) is 1.50. The van der Waals surface area contributed by atoms with Crippen LogP contribution in [0, 0.1) is 0 Å². The van der Waals surface area contributed by atoms with Crippen LogP contribution in [0.3, 0.4) is 0 Å². The fourth-order valence-electron chi connectivity index (χ4n) is 3.63. The highest BCUT2D eigenvalue weighted by Crippen LogP contribution is 2.34. The maximum absolute atomic E-state index is 12.7. The molecule has 1 N–H and O–H groups in total. The van der Waals surface area contributed by atoms with Gasteiger partial charge in [0.05, 0.1) is 0 Å². The zero-order valence-corrected chi connectivity index (χ0v) is 18.8. The van der Waals surface area contributed by atoms with E-state index in [9.17, 15) is 4.79 Å². The molecule has 5 heteroatoms. The number of hydrogen-bond acceptors (Lipinski definition) is 4. The van der Waals surface area contributed by atoms with E-state index < -0.39 is 0 Å². The number of carbonyl (C=O) groups is 1. The van der Waals surface area contributed by atoms with Crippen molar-refractivity contribution in [3.63, 3.8) is 0 Å². The van der Waals surface area contributed by atoms with Crippen LogP contribution in [-0.2, 0) is 12.0 Å². The van der Waals surface area contributed by atoms with E-state index in [-0.39, 0.29) is 11.3 Å². The number of carbonyl (C=O) groups excluding carboxylic acids is 1. The zero-order valence-electron chi connectivity index (χ0n) is 18.8. The zero-order chi connectivity index (χ0) is 21.7. The average molecular weight is 411 g/mol. The molecule has 0 radical (unpaired) electrons. The molecule has 1 amide bonds. The average Bonchev–Trinajstić information content (AvgIpc) is 2.75. The van der Waals surface area contributed by atoms with E-state index in [2.05, 4.69) is 44.8 Å². The predicted octanol–water partition coefficient (Wildman–Crippen LogP) is 4.40. The van der Waals surface area contributed by atoms with Crippen LogP contribution in [0.1, 0.15) is 56.1 Å². The molecule has 0 spiro atoms. The second-order valence-corrected chi connectivity index (χ2v) is 8.78. The second kappa shape index (κ2) is 9.52. The van der Waals surface area contributed by atoms with Crippen molar-refractivity contribution < 1.29 is 14.3 Å². The Bertz CT molecular complexity index is 859. The van der Waals surface area contributed by atoms with E-state index in [0.29, 0.717) is 31.4 Å².